The Bertz CT molecular complexity index is 535. The van der Waals surface area contributed by atoms with Gasteiger partial charge in [-0.25, -0.2) is 9.98 Å². The van der Waals surface area contributed by atoms with Crippen LogP contribution in [0.25, 0.3) is 0 Å². The number of rotatable bonds is 7. The van der Waals surface area contributed by atoms with Crippen LogP contribution in [-0.2, 0) is 11.3 Å². The van der Waals surface area contributed by atoms with Gasteiger partial charge in [0.1, 0.15) is 5.82 Å². The quantitative estimate of drug-likeness (QED) is 0.432. The first-order valence-corrected chi connectivity index (χ1v) is 9.35. The largest absolute Gasteiger partial charge is 0.379 e. The van der Waals surface area contributed by atoms with Gasteiger partial charge in [-0.3, -0.25) is 4.90 Å². The zero-order valence-corrected chi connectivity index (χ0v) is 15.0. The van der Waals surface area contributed by atoms with Crippen LogP contribution in [0.5, 0.6) is 0 Å². The maximum absolute atomic E-state index is 5.95. The number of nitrogens with two attached hydrogens (primary N) is 1. The number of ether oxygens (including phenoxy) is 1. The zero-order valence-electron chi connectivity index (χ0n) is 15.0. The van der Waals surface area contributed by atoms with Gasteiger partial charge in [-0.1, -0.05) is 6.07 Å². The molecule has 0 amide bonds. The SMILES string of the molecule is NC(=NCc1ccc(N2CCCC2)nc1)NCCCN1CCOCC1. The Morgan fingerprint density at radius 2 is 2.00 bits per heavy atom. The van der Waals surface area contributed by atoms with Crippen molar-refractivity contribution in [1.29, 1.82) is 0 Å². The first-order valence-electron chi connectivity index (χ1n) is 9.35. The van der Waals surface area contributed by atoms with Gasteiger partial charge in [0.05, 0.1) is 19.8 Å². The molecule has 2 saturated heterocycles. The lowest BCUT2D eigenvalue weighted by molar-refractivity contribution is 0.0376. The molecule has 0 aromatic carbocycles. The number of hydrogen-bond acceptors (Lipinski definition) is 5. The molecule has 0 saturated carbocycles. The maximum atomic E-state index is 5.95. The Kier molecular flexibility index (Phi) is 6.88. The molecule has 3 N–H and O–H groups in total. The molecule has 7 nitrogen and oxygen atoms in total. The number of aliphatic imine (C=N–C) groups is 1. The monoisotopic (exact) mass is 346 g/mol. The summed E-state index contributed by atoms with van der Waals surface area (Å²) in [6.45, 7) is 8.48. The topological polar surface area (TPSA) is 79.0 Å². The van der Waals surface area contributed by atoms with E-state index in [2.05, 4.69) is 37.2 Å². The molecule has 3 rings (SSSR count). The van der Waals surface area contributed by atoms with Gasteiger partial charge in [-0.05, 0) is 37.4 Å². The summed E-state index contributed by atoms with van der Waals surface area (Å²) in [5.74, 6) is 1.57. The van der Waals surface area contributed by atoms with Crippen molar-refractivity contribution in [1.82, 2.24) is 15.2 Å². The number of morpholine rings is 1. The van der Waals surface area contributed by atoms with Crippen molar-refractivity contribution in [3.8, 4) is 0 Å². The van der Waals surface area contributed by atoms with E-state index >= 15 is 0 Å². The second kappa shape index (κ2) is 9.58. The molecule has 7 heteroatoms. The van der Waals surface area contributed by atoms with E-state index in [-0.39, 0.29) is 0 Å². The van der Waals surface area contributed by atoms with E-state index in [0.717, 1.165) is 70.3 Å². The summed E-state index contributed by atoms with van der Waals surface area (Å²) >= 11 is 0. The van der Waals surface area contributed by atoms with Crippen LogP contribution in [0.1, 0.15) is 24.8 Å². The Morgan fingerprint density at radius 1 is 1.20 bits per heavy atom. The van der Waals surface area contributed by atoms with Crippen LogP contribution in [-0.4, -0.2) is 68.3 Å². The van der Waals surface area contributed by atoms with Crippen molar-refractivity contribution < 1.29 is 4.74 Å². The summed E-state index contributed by atoms with van der Waals surface area (Å²) in [7, 11) is 0. The lowest BCUT2D eigenvalue weighted by Crippen LogP contribution is -2.39. The van der Waals surface area contributed by atoms with Crippen LogP contribution in [0.15, 0.2) is 23.3 Å². The van der Waals surface area contributed by atoms with E-state index in [1.807, 2.05) is 6.20 Å². The fraction of sp³-hybridized carbons (Fsp3) is 0.667. The maximum Gasteiger partial charge on any atom is 0.188 e. The van der Waals surface area contributed by atoms with Gasteiger partial charge in [0, 0.05) is 38.9 Å². The fourth-order valence-electron chi connectivity index (χ4n) is 3.22. The number of guanidine groups is 1. The minimum Gasteiger partial charge on any atom is -0.379 e. The van der Waals surface area contributed by atoms with Crippen LogP contribution in [0.3, 0.4) is 0 Å². The highest BCUT2D eigenvalue weighted by Crippen LogP contribution is 2.17. The van der Waals surface area contributed by atoms with Crippen molar-refractivity contribution in [2.45, 2.75) is 25.8 Å². The molecule has 0 spiro atoms. The predicted molar refractivity (Wildman–Crippen MR) is 101 cm³/mol. The third-order valence-electron chi connectivity index (χ3n) is 4.73. The van der Waals surface area contributed by atoms with E-state index in [1.165, 1.54) is 12.8 Å². The van der Waals surface area contributed by atoms with E-state index in [1.54, 1.807) is 0 Å². The van der Waals surface area contributed by atoms with Crippen molar-refractivity contribution in [2.75, 3.05) is 57.4 Å². The lowest BCUT2D eigenvalue weighted by Gasteiger charge is -2.26. The molecule has 1 aromatic heterocycles. The molecular formula is C18H30N6O. The summed E-state index contributed by atoms with van der Waals surface area (Å²) < 4.78 is 5.35. The molecule has 0 bridgehead atoms. The molecule has 0 unspecified atom stereocenters. The Hall–Kier alpha value is -1.86. The van der Waals surface area contributed by atoms with Gasteiger partial charge < -0.3 is 20.7 Å². The molecule has 2 fully saturated rings. The standard InChI is InChI=1S/C18H30N6O/c19-18(20-6-3-7-23-10-12-25-13-11-23)22-15-16-4-5-17(21-14-16)24-8-1-2-9-24/h4-5,14H,1-3,6-13,15H2,(H3,19,20,22). The van der Waals surface area contributed by atoms with Crippen molar-refractivity contribution in [3.05, 3.63) is 23.9 Å². The number of anilines is 1. The van der Waals surface area contributed by atoms with E-state index < -0.39 is 0 Å². The van der Waals surface area contributed by atoms with E-state index in [4.69, 9.17) is 10.5 Å². The van der Waals surface area contributed by atoms with E-state index in [9.17, 15) is 0 Å². The van der Waals surface area contributed by atoms with Crippen molar-refractivity contribution in [2.24, 2.45) is 10.7 Å². The predicted octanol–water partition coefficient (Wildman–Crippen LogP) is 0.808. The number of nitrogens with one attached hydrogen (secondary N) is 1. The van der Waals surface area contributed by atoms with Crippen molar-refractivity contribution >= 4 is 11.8 Å². The van der Waals surface area contributed by atoms with E-state index in [0.29, 0.717) is 12.5 Å². The second-order valence-corrected chi connectivity index (χ2v) is 6.65. The highest BCUT2D eigenvalue weighted by molar-refractivity contribution is 5.77. The zero-order chi connectivity index (χ0) is 17.3. The first-order chi connectivity index (χ1) is 12.3. The molecule has 0 aliphatic carbocycles. The number of hydrogen-bond donors (Lipinski definition) is 2. The molecule has 2 aliphatic heterocycles. The van der Waals surface area contributed by atoms with Crippen LogP contribution >= 0.6 is 0 Å². The van der Waals surface area contributed by atoms with Crippen molar-refractivity contribution in [3.63, 3.8) is 0 Å². The Balaban J connectivity index is 1.34. The highest BCUT2D eigenvalue weighted by Gasteiger charge is 2.13. The third-order valence-corrected chi connectivity index (χ3v) is 4.73. The smallest absolute Gasteiger partial charge is 0.188 e. The van der Waals surface area contributed by atoms with Gasteiger partial charge in [-0.2, -0.15) is 0 Å². The first kappa shape index (κ1) is 17.9. The Morgan fingerprint density at radius 3 is 2.72 bits per heavy atom. The van der Waals surface area contributed by atoms with Gasteiger partial charge in [-0.15, -0.1) is 0 Å². The molecule has 25 heavy (non-hydrogen) atoms. The summed E-state index contributed by atoms with van der Waals surface area (Å²) in [4.78, 5) is 13.7. The molecule has 3 heterocycles. The summed E-state index contributed by atoms with van der Waals surface area (Å²) in [5.41, 5.74) is 7.03. The molecule has 138 valence electrons. The number of pyridine rings is 1. The van der Waals surface area contributed by atoms with Gasteiger partial charge >= 0.3 is 0 Å². The van der Waals surface area contributed by atoms with Gasteiger partial charge in [0.2, 0.25) is 0 Å². The number of nitrogens with zero attached hydrogens (tertiary/aromatic N) is 4. The average molecular weight is 346 g/mol. The highest BCUT2D eigenvalue weighted by atomic mass is 16.5. The van der Waals surface area contributed by atoms with Gasteiger partial charge in [0.15, 0.2) is 5.96 Å². The average Bonchev–Trinajstić information content (AvgIpc) is 3.20. The van der Waals surface area contributed by atoms with Crippen LogP contribution < -0.4 is 16.0 Å². The Labute approximate surface area is 150 Å². The van der Waals surface area contributed by atoms with Crippen LogP contribution in [0.4, 0.5) is 5.82 Å². The molecule has 1 aromatic rings. The van der Waals surface area contributed by atoms with Crippen LogP contribution in [0, 0.1) is 0 Å². The summed E-state index contributed by atoms with van der Waals surface area (Å²) in [5, 5.41) is 3.19. The second-order valence-electron chi connectivity index (χ2n) is 6.65. The molecule has 0 radical (unpaired) electrons. The fourth-order valence-corrected chi connectivity index (χ4v) is 3.22. The normalized spacial score (nSPS) is 19.4. The molecular weight excluding hydrogens is 316 g/mol. The minimum atomic E-state index is 0.505. The minimum absolute atomic E-state index is 0.505. The number of aromatic nitrogens is 1. The summed E-state index contributed by atoms with van der Waals surface area (Å²) in [6.07, 6.45) is 5.49. The lowest BCUT2D eigenvalue weighted by atomic mass is 10.3. The van der Waals surface area contributed by atoms with Crippen LogP contribution in [0.2, 0.25) is 0 Å². The molecule has 0 atom stereocenters. The molecule has 2 aliphatic rings. The van der Waals surface area contributed by atoms with Gasteiger partial charge in [0.25, 0.3) is 0 Å². The summed E-state index contributed by atoms with van der Waals surface area (Å²) in [6, 6.07) is 4.18. The third kappa shape index (κ3) is 5.86.